The minimum absolute atomic E-state index is 0.0517. The van der Waals surface area contributed by atoms with Gasteiger partial charge >= 0.3 is 0 Å². The van der Waals surface area contributed by atoms with Crippen LogP contribution in [-0.4, -0.2) is 17.8 Å². The third-order valence-corrected chi connectivity index (χ3v) is 1.86. The highest BCUT2D eigenvalue weighted by molar-refractivity contribution is 5.16. The van der Waals surface area contributed by atoms with Gasteiger partial charge in [0, 0.05) is 0 Å². The summed E-state index contributed by atoms with van der Waals surface area (Å²) in [6.45, 7) is 4.09. The van der Waals surface area contributed by atoms with Crippen molar-refractivity contribution in [2.75, 3.05) is 6.61 Å². The monoisotopic (exact) mass is 180 g/mol. The molecule has 0 saturated carbocycles. The molecule has 1 rings (SSSR count). The second kappa shape index (κ2) is 5.00. The predicted octanol–water partition coefficient (Wildman–Crippen LogP) is 2.14. The topological polar surface area (TPSA) is 29.5 Å². The number of benzene rings is 1. The molecule has 0 spiro atoms. The summed E-state index contributed by atoms with van der Waals surface area (Å²) in [7, 11) is 0. The van der Waals surface area contributed by atoms with Crippen molar-refractivity contribution < 1.29 is 9.84 Å². The number of aliphatic hydroxyl groups excluding tert-OH is 1. The first-order chi connectivity index (χ1) is 6.20. The first-order valence-electron chi connectivity index (χ1n) is 4.54. The van der Waals surface area contributed by atoms with Gasteiger partial charge in [-0.3, -0.25) is 0 Å². The molecule has 1 aromatic carbocycles. The molecule has 0 heterocycles. The lowest BCUT2D eigenvalue weighted by atomic mass is 10.1. The predicted molar refractivity (Wildman–Crippen MR) is 52.5 cm³/mol. The maximum Gasteiger partial charge on any atom is 0.0798 e. The number of hydrogen-bond acceptors (Lipinski definition) is 2. The highest BCUT2D eigenvalue weighted by atomic mass is 16.5. The average Bonchev–Trinajstić information content (AvgIpc) is 2.15. The molecular weight excluding hydrogens is 164 g/mol. The van der Waals surface area contributed by atoms with Crippen LogP contribution < -0.4 is 0 Å². The Morgan fingerprint density at radius 1 is 1.23 bits per heavy atom. The summed E-state index contributed by atoms with van der Waals surface area (Å²) in [5.74, 6) is 0. The van der Waals surface area contributed by atoms with Crippen LogP contribution in [-0.2, 0) is 4.74 Å². The first-order valence-corrected chi connectivity index (χ1v) is 4.54. The van der Waals surface area contributed by atoms with Crippen molar-refractivity contribution in [2.45, 2.75) is 26.1 Å². The molecule has 13 heavy (non-hydrogen) atoms. The lowest BCUT2D eigenvalue weighted by molar-refractivity contribution is 0.00449. The van der Waals surface area contributed by atoms with Gasteiger partial charge in [-0.25, -0.2) is 0 Å². The van der Waals surface area contributed by atoms with Gasteiger partial charge in [0.15, 0.2) is 0 Å². The summed E-state index contributed by atoms with van der Waals surface area (Å²) < 4.78 is 5.44. The highest BCUT2D eigenvalue weighted by Gasteiger charge is 2.05. The van der Waals surface area contributed by atoms with Crippen molar-refractivity contribution >= 4 is 0 Å². The summed E-state index contributed by atoms with van der Waals surface area (Å²) in [6, 6.07) is 9.99. The minimum atomic E-state index is -0.397. The standard InChI is InChI=1S/C11H16O2/c1-9(12)8-13-10(2)11-6-4-3-5-7-11/h3-7,9-10,12H,8H2,1-2H3/t9-,10-/m1/s1. The van der Waals surface area contributed by atoms with Crippen molar-refractivity contribution in [3.63, 3.8) is 0 Å². The van der Waals surface area contributed by atoms with Gasteiger partial charge in [0.1, 0.15) is 0 Å². The van der Waals surface area contributed by atoms with Gasteiger partial charge in [-0.2, -0.15) is 0 Å². The van der Waals surface area contributed by atoms with Gasteiger partial charge < -0.3 is 9.84 Å². The van der Waals surface area contributed by atoms with Crippen LogP contribution in [0.15, 0.2) is 30.3 Å². The smallest absolute Gasteiger partial charge is 0.0798 e. The van der Waals surface area contributed by atoms with Crippen LogP contribution in [0.2, 0.25) is 0 Å². The molecule has 0 unspecified atom stereocenters. The molecule has 0 bridgehead atoms. The molecule has 2 heteroatoms. The van der Waals surface area contributed by atoms with Gasteiger partial charge in [0.25, 0.3) is 0 Å². The number of ether oxygens (including phenoxy) is 1. The van der Waals surface area contributed by atoms with E-state index < -0.39 is 6.10 Å². The molecule has 0 radical (unpaired) electrons. The van der Waals surface area contributed by atoms with Crippen molar-refractivity contribution in [1.82, 2.24) is 0 Å². The van der Waals surface area contributed by atoms with Crippen molar-refractivity contribution in [2.24, 2.45) is 0 Å². The van der Waals surface area contributed by atoms with E-state index in [4.69, 9.17) is 9.84 Å². The van der Waals surface area contributed by atoms with E-state index in [1.54, 1.807) is 6.92 Å². The van der Waals surface area contributed by atoms with Gasteiger partial charge in [0.05, 0.1) is 18.8 Å². The van der Waals surface area contributed by atoms with E-state index in [-0.39, 0.29) is 6.10 Å². The summed E-state index contributed by atoms with van der Waals surface area (Å²) in [5, 5.41) is 9.02. The van der Waals surface area contributed by atoms with Gasteiger partial charge in [0.2, 0.25) is 0 Å². The maximum atomic E-state index is 9.02. The quantitative estimate of drug-likeness (QED) is 0.769. The van der Waals surface area contributed by atoms with Crippen LogP contribution in [0.25, 0.3) is 0 Å². The molecule has 1 aromatic rings. The first kappa shape index (κ1) is 10.2. The molecule has 2 atom stereocenters. The summed E-state index contributed by atoms with van der Waals surface area (Å²) in [5.41, 5.74) is 1.14. The van der Waals surface area contributed by atoms with E-state index in [9.17, 15) is 0 Å². The Kier molecular flexibility index (Phi) is 3.93. The molecule has 72 valence electrons. The fraction of sp³-hybridized carbons (Fsp3) is 0.455. The second-order valence-electron chi connectivity index (χ2n) is 3.24. The van der Waals surface area contributed by atoms with Gasteiger partial charge in [-0.05, 0) is 19.4 Å². The summed E-state index contributed by atoms with van der Waals surface area (Å²) >= 11 is 0. The van der Waals surface area contributed by atoms with Crippen LogP contribution in [0.5, 0.6) is 0 Å². The van der Waals surface area contributed by atoms with Crippen LogP contribution in [0.4, 0.5) is 0 Å². The van der Waals surface area contributed by atoms with E-state index >= 15 is 0 Å². The normalized spacial score (nSPS) is 15.3. The van der Waals surface area contributed by atoms with Crippen LogP contribution in [0, 0.1) is 0 Å². The Bertz CT molecular complexity index is 231. The molecular formula is C11H16O2. The Morgan fingerprint density at radius 2 is 1.85 bits per heavy atom. The fourth-order valence-electron chi connectivity index (χ4n) is 1.10. The third kappa shape index (κ3) is 3.57. The Labute approximate surface area is 79.2 Å². The second-order valence-corrected chi connectivity index (χ2v) is 3.24. The van der Waals surface area contributed by atoms with Crippen molar-refractivity contribution in [1.29, 1.82) is 0 Å². The number of hydrogen-bond donors (Lipinski definition) is 1. The highest BCUT2D eigenvalue weighted by Crippen LogP contribution is 2.15. The summed E-state index contributed by atoms with van der Waals surface area (Å²) in [4.78, 5) is 0. The lowest BCUT2D eigenvalue weighted by Gasteiger charge is -2.14. The molecule has 0 aliphatic rings. The number of aliphatic hydroxyl groups is 1. The van der Waals surface area contributed by atoms with E-state index in [0.717, 1.165) is 5.56 Å². The van der Waals surface area contributed by atoms with Crippen molar-refractivity contribution in [3.05, 3.63) is 35.9 Å². The van der Waals surface area contributed by atoms with E-state index in [1.807, 2.05) is 37.3 Å². The van der Waals surface area contributed by atoms with Crippen LogP contribution in [0.1, 0.15) is 25.5 Å². The maximum absolute atomic E-state index is 9.02. The van der Waals surface area contributed by atoms with E-state index in [0.29, 0.717) is 6.61 Å². The molecule has 0 aliphatic heterocycles. The molecule has 0 fully saturated rings. The lowest BCUT2D eigenvalue weighted by Crippen LogP contribution is -2.12. The minimum Gasteiger partial charge on any atom is -0.391 e. The largest absolute Gasteiger partial charge is 0.391 e. The molecule has 1 N–H and O–H groups in total. The molecule has 2 nitrogen and oxygen atoms in total. The fourth-order valence-corrected chi connectivity index (χ4v) is 1.10. The van der Waals surface area contributed by atoms with E-state index in [1.165, 1.54) is 0 Å². The average molecular weight is 180 g/mol. The van der Waals surface area contributed by atoms with Crippen molar-refractivity contribution in [3.8, 4) is 0 Å². The Morgan fingerprint density at radius 3 is 2.38 bits per heavy atom. The van der Waals surface area contributed by atoms with Crippen LogP contribution in [0.3, 0.4) is 0 Å². The van der Waals surface area contributed by atoms with E-state index in [2.05, 4.69) is 0 Å². The molecule has 0 amide bonds. The third-order valence-electron chi connectivity index (χ3n) is 1.86. The Balaban J connectivity index is 2.44. The molecule has 0 aromatic heterocycles. The zero-order chi connectivity index (χ0) is 9.68. The summed E-state index contributed by atoms with van der Waals surface area (Å²) in [6.07, 6.45) is -0.345. The Hall–Kier alpha value is -0.860. The SMILES string of the molecule is C[C@@H](O)CO[C@H](C)c1ccccc1. The van der Waals surface area contributed by atoms with Crippen LogP contribution >= 0.6 is 0 Å². The zero-order valence-corrected chi connectivity index (χ0v) is 8.10. The van der Waals surface area contributed by atoms with Gasteiger partial charge in [-0.15, -0.1) is 0 Å². The zero-order valence-electron chi connectivity index (χ0n) is 8.10. The van der Waals surface area contributed by atoms with Gasteiger partial charge in [-0.1, -0.05) is 30.3 Å². The molecule has 0 aliphatic carbocycles. The molecule has 0 saturated heterocycles. The number of rotatable bonds is 4.